The first-order valence-electron chi connectivity index (χ1n) is 8.07. The number of rotatable bonds is 5. The quantitative estimate of drug-likeness (QED) is 0.829. The second kappa shape index (κ2) is 7.26. The average molecular weight is 380 g/mol. The molecule has 2 aromatic rings. The Morgan fingerprint density at radius 2 is 1.78 bits per heavy atom. The van der Waals surface area contributed by atoms with Crippen molar-refractivity contribution >= 4 is 11.9 Å². The number of halogens is 3. The number of hydrogen-bond acceptors (Lipinski definition) is 4. The fraction of sp³-hybridized carbons (Fsp3) is 0.278. The molecular formula is C18H15F3N2O4. The van der Waals surface area contributed by atoms with Crippen LogP contribution in [0.2, 0.25) is 0 Å². The van der Waals surface area contributed by atoms with Gasteiger partial charge in [-0.2, -0.15) is 13.2 Å². The second-order valence-electron chi connectivity index (χ2n) is 6.19. The zero-order chi connectivity index (χ0) is 19.6. The first kappa shape index (κ1) is 18.7. The van der Waals surface area contributed by atoms with Crippen molar-refractivity contribution in [2.75, 3.05) is 0 Å². The highest BCUT2D eigenvalue weighted by molar-refractivity contribution is 5.94. The summed E-state index contributed by atoms with van der Waals surface area (Å²) < 4.78 is 42.9. The fourth-order valence-corrected chi connectivity index (χ4v) is 2.61. The first-order valence-corrected chi connectivity index (χ1v) is 8.07. The number of amides is 1. The lowest BCUT2D eigenvalue weighted by atomic mass is 9.80. The first-order chi connectivity index (χ1) is 12.7. The number of carbonyl (C=O) groups excluding carboxylic acids is 1. The van der Waals surface area contributed by atoms with E-state index in [1.807, 2.05) is 0 Å². The molecule has 9 heteroatoms. The zero-order valence-electron chi connectivity index (χ0n) is 13.9. The van der Waals surface area contributed by atoms with Crippen LogP contribution in [0, 0.1) is 5.92 Å². The average Bonchev–Trinajstić information content (AvgIpc) is 2.57. The van der Waals surface area contributed by atoms with Crippen molar-refractivity contribution in [2.24, 2.45) is 5.92 Å². The van der Waals surface area contributed by atoms with Gasteiger partial charge in [-0.25, -0.2) is 4.98 Å². The number of hydrogen-bond donors (Lipinski definition) is 2. The molecule has 0 unspecified atom stereocenters. The van der Waals surface area contributed by atoms with Gasteiger partial charge in [-0.05, 0) is 43.2 Å². The topological polar surface area (TPSA) is 88.5 Å². The van der Waals surface area contributed by atoms with Gasteiger partial charge in [0.25, 0.3) is 5.91 Å². The summed E-state index contributed by atoms with van der Waals surface area (Å²) in [5, 5.41) is 11.6. The second-order valence-corrected chi connectivity index (χ2v) is 6.19. The van der Waals surface area contributed by atoms with Crippen LogP contribution in [-0.2, 0) is 11.0 Å². The van der Waals surface area contributed by atoms with E-state index in [1.165, 1.54) is 24.3 Å². The maximum atomic E-state index is 12.5. The van der Waals surface area contributed by atoms with Gasteiger partial charge in [0.05, 0.1) is 11.5 Å². The Hall–Kier alpha value is -3.10. The molecule has 0 atom stereocenters. The van der Waals surface area contributed by atoms with Crippen molar-refractivity contribution in [1.82, 2.24) is 10.3 Å². The smallest absolute Gasteiger partial charge is 0.417 e. The van der Waals surface area contributed by atoms with Gasteiger partial charge in [-0.3, -0.25) is 9.59 Å². The summed E-state index contributed by atoms with van der Waals surface area (Å²) in [5.41, 5.74) is -0.510. The number of carboxylic acid groups (broad SMARTS) is 1. The largest absolute Gasteiger partial charge is 0.481 e. The van der Waals surface area contributed by atoms with Crippen molar-refractivity contribution in [3.05, 3.63) is 53.7 Å². The summed E-state index contributed by atoms with van der Waals surface area (Å²) in [6.45, 7) is 0. The zero-order valence-corrected chi connectivity index (χ0v) is 13.9. The molecule has 0 saturated heterocycles. The number of pyridine rings is 1. The molecule has 0 spiro atoms. The maximum absolute atomic E-state index is 12.5. The normalized spacial score (nSPS) is 19.1. The van der Waals surface area contributed by atoms with E-state index in [9.17, 15) is 22.8 Å². The van der Waals surface area contributed by atoms with E-state index in [4.69, 9.17) is 9.84 Å². The lowest BCUT2D eigenvalue weighted by Gasteiger charge is -2.32. The number of ether oxygens (including phenoxy) is 1. The highest BCUT2D eigenvalue weighted by Crippen LogP contribution is 2.30. The van der Waals surface area contributed by atoms with Gasteiger partial charge in [0.15, 0.2) is 0 Å². The van der Waals surface area contributed by atoms with Crippen molar-refractivity contribution < 1.29 is 32.6 Å². The van der Waals surface area contributed by atoms with Crippen molar-refractivity contribution in [1.29, 1.82) is 0 Å². The number of benzene rings is 1. The Morgan fingerprint density at radius 3 is 2.30 bits per heavy atom. The van der Waals surface area contributed by atoms with Gasteiger partial charge in [0, 0.05) is 23.9 Å². The number of nitrogens with one attached hydrogen (secondary N) is 1. The Bertz CT molecular complexity index is 829. The lowest BCUT2D eigenvalue weighted by Crippen LogP contribution is -2.46. The van der Waals surface area contributed by atoms with Gasteiger partial charge in [-0.15, -0.1) is 0 Å². The third-order valence-corrected chi connectivity index (χ3v) is 4.23. The number of alkyl halides is 3. The van der Waals surface area contributed by atoms with Gasteiger partial charge in [-0.1, -0.05) is 0 Å². The highest BCUT2D eigenvalue weighted by Gasteiger charge is 2.35. The summed E-state index contributed by atoms with van der Waals surface area (Å²) in [6, 6.07) is 7.81. The van der Waals surface area contributed by atoms with Crippen LogP contribution >= 0.6 is 0 Å². The maximum Gasteiger partial charge on any atom is 0.417 e. The van der Waals surface area contributed by atoms with Crippen molar-refractivity contribution in [3.63, 3.8) is 0 Å². The third kappa shape index (κ3) is 4.55. The highest BCUT2D eigenvalue weighted by atomic mass is 19.4. The van der Waals surface area contributed by atoms with E-state index in [-0.39, 0.29) is 17.8 Å². The van der Waals surface area contributed by atoms with E-state index in [1.54, 1.807) is 0 Å². The molecule has 27 heavy (non-hydrogen) atoms. The Labute approximate surface area is 152 Å². The Balaban J connectivity index is 1.55. The molecule has 1 aromatic carbocycles. The molecule has 1 saturated carbocycles. The standard InChI is InChI=1S/C18H15F3N2O4/c19-18(20,21)12-3-6-15(22-9-12)27-14-4-1-10(2-5-14)16(24)23-13-7-11(8-13)17(25)26/h1-6,9,11,13H,7-8H2,(H,23,24)(H,25,26). The van der Waals surface area contributed by atoms with Crippen molar-refractivity contribution in [2.45, 2.75) is 25.1 Å². The van der Waals surface area contributed by atoms with Crippen molar-refractivity contribution in [3.8, 4) is 11.6 Å². The molecule has 0 radical (unpaired) electrons. The molecule has 1 aliphatic rings. The fourth-order valence-electron chi connectivity index (χ4n) is 2.61. The van der Waals surface area contributed by atoms with E-state index < -0.39 is 23.6 Å². The Morgan fingerprint density at radius 1 is 1.11 bits per heavy atom. The molecule has 3 rings (SSSR count). The molecule has 1 aromatic heterocycles. The molecule has 6 nitrogen and oxygen atoms in total. The van der Waals surface area contributed by atoms with Gasteiger partial charge >= 0.3 is 12.1 Å². The molecule has 1 heterocycles. The number of nitrogens with zero attached hydrogens (tertiary/aromatic N) is 1. The van der Waals surface area contributed by atoms with E-state index in [0.29, 0.717) is 30.4 Å². The predicted molar refractivity (Wildman–Crippen MR) is 87.4 cm³/mol. The summed E-state index contributed by atoms with van der Waals surface area (Å²) in [7, 11) is 0. The summed E-state index contributed by atoms with van der Waals surface area (Å²) in [4.78, 5) is 26.5. The van der Waals surface area contributed by atoms with E-state index in [2.05, 4.69) is 10.3 Å². The number of carbonyl (C=O) groups is 2. The molecule has 1 aliphatic carbocycles. The third-order valence-electron chi connectivity index (χ3n) is 4.23. The summed E-state index contributed by atoms with van der Waals surface area (Å²) in [5.74, 6) is -1.30. The van der Waals surface area contributed by atoms with Crippen LogP contribution in [0.4, 0.5) is 13.2 Å². The predicted octanol–water partition coefficient (Wildman–Crippen LogP) is 3.49. The minimum Gasteiger partial charge on any atom is -0.481 e. The molecule has 2 N–H and O–H groups in total. The van der Waals surface area contributed by atoms with Gasteiger partial charge in [0.2, 0.25) is 5.88 Å². The Kier molecular flexibility index (Phi) is 5.02. The van der Waals surface area contributed by atoms with Crippen LogP contribution in [0.5, 0.6) is 11.6 Å². The molecule has 0 aliphatic heterocycles. The number of carboxylic acids is 1. The molecular weight excluding hydrogens is 365 g/mol. The number of aliphatic carboxylic acids is 1. The summed E-state index contributed by atoms with van der Waals surface area (Å²) in [6.07, 6.45) is -2.98. The monoisotopic (exact) mass is 380 g/mol. The van der Waals surface area contributed by atoms with Crippen LogP contribution in [0.25, 0.3) is 0 Å². The molecule has 0 bridgehead atoms. The van der Waals surface area contributed by atoms with Crippen LogP contribution in [0.15, 0.2) is 42.6 Å². The van der Waals surface area contributed by atoms with E-state index >= 15 is 0 Å². The SMILES string of the molecule is O=C(NC1CC(C(=O)O)C1)c1ccc(Oc2ccc(C(F)(F)F)cn2)cc1. The molecule has 142 valence electrons. The van der Waals surface area contributed by atoms with Crippen LogP contribution < -0.4 is 10.1 Å². The van der Waals surface area contributed by atoms with E-state index in [0.717, 1.165) is 12.1 Å². The van der Waals surface area contributed by atoms with Crippen LogP contribution in [0.3, 0.4) is 0 Å². The van der Waals surface area contributed by atoms with Gasteiger partial charge in [0.1, 0.15) is 5.75 Å². The van der Waals surface area contributed by atoms with Crippen LogP contribution in [0.1, 0.15) is 28.8 Å². The van der Waals surface area contributed by atoms with Crippen LogP contribution in [-0.4, -0.2) is 28.0 Å². The lowest BCUT2D eigenvalue weighted by molar-refractivity contribution is -0.145. The molecule has 1 amide bonds. The minimum absolute atomic E-state index is 0.00520. The number of aromatic nitrogens is 1. The minimum atomic E-state index is -4.47. The van der Waals surface area contributed by atoms with Gasteiger partial charge < -0.3 is 15.2 Å². The summed E-state index contributed by atoms with van der Waals surface area (Å²) >= 11 is 0. The molecule has 1 fully saturated rings.